The number of rotatable bonds is 3. The van der Waals surface area contributed by atoms with Crippen LogP contribution in [0.3, 0.4) is 0 Å². The Bertz CT molecular complexity index is 732. The van der Waals surface area contributed by atoms with Gasteiger partial charge in [-0.25, -0.2) is 9.97 Å². The first-order chi connectivity index (χ1) is 11.6. The van der Waals surface area contributed by atoms with Crippen molar-refractivity contribution in [2.45, 2.75) is 24.2 Å². The second kappa shape index (κ2) is 6.05. The zero-order valence-corrected chi connectivity index (χ0v) is 14.2. The first-order valence-corrected chi connectivity index (χ1v) is 8.92. The Labute approximate surface area is 144 Å². The fraction of sp³-hybridized carbons (Fsp3) is 0.412. The number of hydrogen-bond acceptors (Lipinski definition) is 6. The van der Waals surface area contributed by atoms with Gasteiger partial charge in [0.1, 0.15) is 11.8 Å². The zero-order valence-electron chi connectivity index (χ0n) is 13.4. The minimum Gasteiger partial charge on any atom is -0.473 e. The molecule has 4 heterocycles. The summed E-state index contributed by atoms with van der Waals surface area (Å²) in [5.41, 5.74) is 1.23. The van der Waals surface area contributed by atoms with Gasteiger partial charge in [0.15, 0.2) is 0 Å². The lowest BCUT2D eigenvalue weighted by atomic mass is 9.92. The Morgan fingerprint density at radius 2 is 2.17 bits per heavy atom. The van der Waals surface area contributed by atoms with Crippen LogP contribution in [0.4, 0.5) is 0 Å². The summed E-state index contributed by atoms with van der Waals surface area (Å²) in [4.78, 5) is 26.8. The molecule has 2 aliphatic rings. The van der Waals surface area contributed by atoms with Gasteiger partial charge in [-0.1, -0.05) is 6.07 Å². The van der Waals surface area contributed by atoms with Crippen LogP contribution >= 0.6 is 11.8 Å². The van der Waals surface area contributed by atoms with Crippen LogP contribution in [0.15, 0.2) is 36.8 Å². The number of hydrogen-bond donors (Lipinski definition) is 0. The predicted octanol–water partition coefficient (Wildman–Crippen LogP) is 1.96. The summed E-state index contributed by atoms with van der Waals surface area (Å²) in [7, 11) is 0. The third-order valence-corrected chi connectivity index (χ3v) is 5.92. The molecule has 2 aliphatic heterocycles. The van der Waals surface area contributed by atoms with Gasteiger partial charge in [0.25, 0.3) is 5.91 Å². The van der Waals surface area contributed by atoms with E-state index < -0.39 is 0 Å². The van der Waals surface area contributed by atoms with Crippen LogP contribution in [0.5, 0.6) is 5.88 Å². The van der Waals surface area contributed by atoms with Crippen LogP contribution in [0.25, 0.3) is 0 Å². The van der Waals surface area contributed by atoms with E-state index in [1.54, 1.807) is 18.6 Å². The van der Waals surface area contributed by atoms with Gasteiger partial charge in [-0.15, -0.1) is 11.8 Å². The fourth-order valence-corrected chi connectivity index (χ4v) is 4.67. The minimum atomic E-state index is -0.0391. The lowest BCUT2D eigenvalue weighted by molar-refractivity contribution is 0.0509. The molecule has 24 heavy (non-hydrogen) atoms. The number of pyridine rings is 1. The Morgan fingerprint density at radius 3 is 2.88 bits per heavy atom. The summed E-state index contributed by atoms with van der Waals surface area (Å²) in [5.74, 6) is 1.56. The zero-order chi connectivity index (χ0) is 16.6. The van der Waals surface area contributed by atoms with Crippen LogP contribution in [0.1, 0.15) is 22.6 Å². The van der Waals surface area contributed by atoms with Crippen molar-refractivity contribution in [3.8, 4) is 5.88 Å². The number of aromatic nitrogens is 3. The molecule has 7 heteroatoms. The second-order valence-corrected chi connectivity index (χ2v) is 7.80. The largest absolute Gasteiger partial charge is 0.473 e. The number of nitrogens with zero attached hydrogens (tertiary/aromatic N) is 4. The molecule has 0 aliphatic carbocycles. The van der Waals surface area contributed by atoms with E-state index in [1.807, 2.05) is 41.8 Å². The Balaban J connectivity index is 1.33. The topological polar surface area (TPSA) is 68.2 Å². The van der Waals surface area contributed by atoms with E-state index in [9.17, 15) is 4.79 Å². The Kier molecular flexibility index (Phi) is 3.88. The molecule has 1 amide bonds. The van der Waals surface area contributed by atoms with Gasteiger partial charge in [0, 0.05) is 43.7 Å². The Hall–Kier alpha value is -2.15. The van der Waals surface area contributed by atoms with Gasteiger partial charge < -0.3 is 9.64 Å². The molecule has 1 atom stereocenters. The molecule has 0 bridgehead atoms. The van der Waals surface area contributed by atoms with E-state index in [-0.39, 0.29) is 16.8 Å². The summed E-state index contributed by atoms with van der Waals surface area (Å²) in [6, 6.07) is 5.68. The van der Waals surface area contributed by atoms with Gasteiger partial charge in [0.05, 0.1) is 16.6 Å². The van der Waals surface area contributed by atoms with Crippen molar-refractivity contribution in [3.63, 3.8) is 0 Å². The van der Waals surface area contributed by atoms with Gasteiger partial charge in [0.2, 0.25) is 5.88 Å². The molecule has 6 nitrogen and oxygen atoms in total. The van der Waals surface area contributed by atoms with Crippen LogP contribution in [-0.4, -0.2) is 55.5 Å². The van der Waals surface area contributed by atoms with Crippen molar-refractivity contribution in [1.29, 1.82) is 0 Å². The first kappa shape index (κ1) is 15.4. The van der Waals surface area contributed by atoms with E-state index in [0.717, 1.165) is 31.0 Å². The summed E-state index contributed by atoms with van der Waals surface area (Å²) in [5, 5.41) is 0. The quantitative estimate of drug-likeness (QED) is 0.849. The van der Waals surface area contributed by atoms with Crippen molar-refractivity contribution < 1.29 is 9.53 Å². The van der Waals surface area contributed by atoms with Crippen LogP contribution in [-0.2, 0) is 0 Å². The lowest BCUT2D eigenvalue weighted by Crippen LogP contribution is -2.61. The second-order valence-electron chi connectivity index (χ2n) is 6.31. The molecule has 0 N–H and O–H groups in total. The summed E-state index contributed by atoms with van der Waals surface area (Å²) < 4.78 is 6.06. The monoisotopic (exact) mass is 342 g/mol. The van der Waals surface area contributed by atoms with Gasteiger partial charge in [-0.3, -0.25) is 9.78 Å². The van der Waals surface area contributed by atoms with Crippen LogP contribution in [0, 0.1) is 6.92 Å². The third kappa shape index (κ3) is 2.96. The van der Waals surface area contributed by atoms with Crippen molar-refractivity contribution in [1.82, 2.24) is 19.9 Å². The predicted molar refractivity (Wildman–Crippen MR) is 91.1 cm³/mol. The molecule has 0 radical (unpaired) electrons. The molecule has 4 rings (SSSR count). The molecule has 2 fully saturated rings. The number of amides is 1. The van der Waals surface area contributed by atoms with Gasteiger partial charge in [-0.2, -0.15) is 0 Å². The molecular formula is C17H18N4O2S. The highest BCUT2D eigenvalue weighted by Crippen LogP contribution is 2.46. The lowest BCUT2D eigenvalue weighted by Gasteiger charge is -2.47. The SMILES string of the molecule is Cc1cnc(C(=O)N2CC3(CC(Oc4ccccn4)CS3)C2)cn1. The number of ether oxygens (including phenoxy) is 1. The van der Waals surface area contributed by atoms with Crippen molar-refractivity contribution in [2.75, 3.05) is 18.8 Å². The standard InChI is InChI=1S/C17H18N4O2S/c1-12-7-20-14(8-19-12)16(22)21-10-17(11-21)6-13(9-24-17)23-15-4-2-3-5-18-15/h2-5,7-8,13H,6,9-11H2,1H3. The van der Waals surface area contributed by atoms with Gasteiger partial charge in [-0.05, 0) is 13.0 Å². The number of carbonyl (C=O) groups is 1. The molecular weight excluding hydrogens is 324 g/mol. The summed E-state index contributed by atoms with van der Waals surface area (Å²) in [6.07, 6.45) is 6.01. The smallest absolute Gasteiger partial charge is 0.274 e. The maximum Gasteiger partial charge on any atom is 0.274 e. The number of thioether (sulfide) groups is 1. The van der Waals surface area contributed by atoms with E-state index in [1.165, 1.54) is 0 Å². The van der Waals surface area contributed by atoms with E-state index in [4.69, 9.17) is 4.74 Å². The summed E-state index contributed by atoms with van der Waals surface area (Å²) in [6.45, 7) is 3.35. The molecule has 1 spiro atoms. The fourth-order valence-electron chi connectivity index (χ4n) is 3.14. The highest BCUT2D eigenvalue weighted by atomic mass is 32.2. The minimum absolute atomic E-state index is 0.0391. The number of likely N-dealkylation sites (tertiary alicyclic amines) is 1. The van der Waals surface area contributed by atoms with E-state index >= 15 is 0 Å². The van der Waals surface area contributed by atoms with E-state index in [2.05, 4.69) is 15.0 Å². The highest BCUT2D eigenvalue weighted by molar-refractivity contribution is 8.01. The highest BCUT2D eigenvalue weighted by Gasteiger charge is 2.51. The molecule has 0 aromatic carbocycles. The average molecular weight is 342 g/mol. The molecule has 1 unspecified atom stereocenters. The van der Waals surface area contributed by atoms with Crippen molar-refractivity contribution in [3.05, 3.63) is 48.2 Å². The first-order valence-electron chi connectivity index (χ1n) is 7.93. The Morgan fingerprint density at radius 1 is 1.29 bits per heavy atom. The number of aryl methyl sites for hydroxylation is 1. The molecule has 2 saturated heterocycles. The summed E-state index contributed by atoms with van der Waals surface area (Å²) >= 11 is 1.89. The van der Waals surface area contributed by atoms with Crippen LogP contribution in [0.2, 0.25) is 0 Å². The molecule has 124 valence electrons. The third-order valence-electron chi connectivity index (χ3n) is 4.35. The maximum absolute atomic E-state index is 12.4. The van der Waals surface area contributed by atoms with Gasteiger partial charge >= 0.3 is 0 Å². The number of carbonyl (C=O) groups excluding carboxylic acids is 1. The van der Waals surface area contributed by atoms with Crippen molar-refractivity contribution >= 4 is 17.7 Å². The molecule has 0 saturated carbocycles. The molecule has 2 aromatic heterocycles. The van der Waals surface area contributed by atoms with Crippen molar-refractivity contribution in [2.24, 2.45) is 0 Å². The normalized spacial score (nSPS) is 21.5. The van der Waals surface area contributed by atoms with Crippen LogP contribution < -0.4 is 4.74 Å². The molecule has 2 aromatic rings. The average Bonchev–Trinajstić information content (AvgIpc) is 2.99. The maximum atomic E-state index is 12.4. The van der Waals surface area contributed by atoms with E-state index in [0.29, 0.717) is 11.6 Å².